The highest BCUT2D eigenvalue weighted by atomic mass is 16.5. The molecule has 1 aliphatic rings. The van der Waals surface area contributed by atoms with Gasteiger partial charge < -0.3 is 15.4 Å². The molecule has 0 aliphatic carbocycles. The number of carbonyl (C=O) groups is 1. The van der Waals surface area contributed by atoms with Crippen molar-refractivity contribution >= 4 is 11.6 Å². The van der Waals surface area contributed by atoms with Crippen LogP contribution < -0.4 is 15.4 Å². The van der Waals surface area contributed by atoms with Crippen molar-refractivity contribution in [2.45, 2.75) is 6.42 Å². The number of hydrogen-bond donors (Lipinski definition) is 3. The summed E-state index contributed by atoms with van der Waals surface area (Å²) in [6.45, 7) is 1.92. The summed E-state index contributed by atoms with van der Waals surface area (Å²) in [7, 11) is 0. The van der Waals surface area contributed by atoms with Crippen LogP contribution in [0.25, 0.3) is 0 Å². The van der Waals surface area contributed by atoms with E-state index in [9.17, 15) is 4.79 Å². The maximum atomic E-state index is 11.6. The number of nitrogens with one attached hydrogen (secondary N) is 3. The van der Waals surface area contributed by atoms with Crippen LogP contribution in [0.15, 0.2) is 18.5 Å². The van der Waals surface area contributed by atoms with Crippen molar-refractivity contribution in [1.29, 1.82) is 0 Å². The van der Waals surface area contributed by atoms with Crippen molar-refractivity contribution in [2.24, 2.45) is 0 Å². The maximum absolute atomic E-state index is 11.6. The van der Waals surface area contributed by atoms with Crippen LogP contribution in [0, 0.1) is 0 Å². The van der Waals surface area contributed by atoms with Crippen molar-refractivity contribution in [2.75, 3.05) is 25.0 Å². The Morgan fingerprint density at radius 1 is 1.45 bits per heavy atom. The van der Waals surface area contributed by atoms with Crippen LogP contribution in [0.3, 0.4) is 0 Å². The fourth-order valence-corrected chi connectivity index (χ4v) is 1.92. The van der Waals surface area contributed by atoms with Crippen LogP contribution in [-0.2, 0) is 6.42 Å². The third-order valence-electron chi connectivity index (χ3n) is 2.91. The molecular formula is C12H14N6O2. The monoisotopic (exact) mass is 274 g/mol. The summed E-state index contributed by atoms with van der Waals surface area (Å²) in [5.74, 6) is 0.554. The number of fused-ring (bicyclic) bond motifs is 1. The van der Waals surface area contributed by atoms with E-state index >= 15 is 0 Å². The molecule has 0 atom stereocenters. The van der Waals surface area contributed by atoms with E-state index in [4.69, 9.17) is 4.74 Å². The highest BCUT2D eigenvalue weighted by Crippen LogP contribution is 2.26. The first-order valence-electron chi connectivity index (χ1n) is 6.32. The number of rotatable bonds is 4. The molecule has 2 aromatic rings. The van der Waals surface area contributed by atoms with Gasteiger partial charge in [-0.3, -0.25) is 9.78 Å². The average molecular weight is 274 g/mol. The van der Waals surface area contributed by atoms with Gasteiger partial charge in [-0.25, -0.2) is 0 Å². The van der Waals surface area contributed by atoms with E-state index in [1.807, 2.05) is 6.07 Å². The number of hydrogen-bond acceptors (Lipinski definition) is 6. The van der Waals surface area contributed by atoms with Gasteiger partial charge in [0.05, 0.1) is 18.1 Å². The number of aromatic amines is 1. The molecule has 1 amide bonds. The van der Waals surface area contributed by atoms with Gasteiger partial charge in [-0.2, -0.15) is 15.4 Å². The molecule has 0 aromatic carbocycles. The minimum atomic E-state index is -0.255. The molecule has 8 heteroatoms. The summed E-state index contributed by atoms with van der Waals surface area (Å²) in [4.78, 5) is 16.0. The molecule has 0 saturated carbocycles. The number of pyridine rings is 1. The minimum Gasteiger partial charge on any atom is -0.489 e. The number of aromatic nitrogens is 4. The maximum Gasteiger partial charge on any atom is 0.273 e. The highest BCUT2D eigenvalue weighted by Gasteiger charge is 2.11. The topological polar surface area (TPSA) is 105 Å². The molecule has 0 bridgehead atoms. The lowest BCUT2D eigenvalue weighted by Crippen LogP contribution is -2.26. The van der Waals surface area contributed by atoms with E-state index < -0.39 is 0 Å². The second-order valence-electron chi connectivity index (χ2n) is 4.31. The second-order valence-corrected chi connectivity index (χ2v) is 4.31. The summed E-state index contributed by atoms with van der Waals surface area (Å²) in [6.07, 6.45) is 3.76. The Morgan fingerprint density at radius 3 is 3.25 bits per heavy atom. The Balaban J connectivity index is 1.55. The zero-order valence-electron chi connectivity index (χ0n) is 10.7. The van der Waals surface area contributed by atoms with E-state index in [2.05, 4.69) is 31.0 Å². The number of carbonyl (C=O) groups excluding carboxylic acids is 1. The zero-order valence-corrected chi connectivity index (χ0v) is 10.7. The second kappa shape index (κ2) is 5.55. The number of anilines is 1. The van der Waals surface area contributed by atoms with Gasteiger partial charge in [0.15, 0.2) is 5.69 Å². The van der Waals surface area contributed by atoms with Crippen molar-refractivity contribution in [1.82, 2.24) is 25.7 Å². The first-order chi connectivity index (χ1) is 9.83. The van der Waals surface area contributed by atoms with Crippen LogP contribution in [-0.4, -0.2) is 46.0 Å². The Kier molecular flexibility index (Phi) is 3.44. The fourth-order valence-electron chi connectivity index (χ4n) is 1.92. The van der Waals surface area contributed by atoms with Gasteiger partial charge in [0.1, 0.15) is 12.4 Å². The van der Waals surface area contributed by atoms with E-state index in [1.165, 1.54) is 6.20 Å². The largest absolute Gasteiger partial charge is 0.489 e. The Bertz CT molecular complexity index is 598. The van der Waals surface area contributed by atoms with Gasteiger partial charge in [-0.05, 0) is 0 Å². The van der Waals surface area contributed by atoms with Gasteiger partial charge in [-0.15, -0.1) is 0 Å². The SMILES string of the molecule is O=C(NCCc1cc2c(cn1)NCCO2)c1cn[nH]n1. The first-order valence-corrected chi connectivity index (χ1v) is 6.32. The number of H-pyrrole nitrogens is 1. The van der Waals surface area contributed by atoms with Crippen molar-refractivity contribution < 1.29 is 9.53 Å². The van der Waals surface area contributed by atoms with E-state index in [0.29, 0.717) is 19.6 Å². The van der Waals surface area contributed by atoms with Crippen LogP contribution in [0.5, 0.6) is 5.75 Å². The average Bonchev–Trinajstić information content (AvgIpc) is 3.01. The molecule has 8 nitrogen and oxygen atoms in total. The molecule has 0 radical (unpaired) electrons. The highest BCUT2D eigenvalue weighted by molar-refractivity contribution is 5.91. The van der Waals surface area contributed by atoms with Crippen molar-refractivity contribution in [3.63, 3.8) is 0 Å². The molecule has 20 heavy (non-hydrogen) atoms. The molecule has 0 fully saturated rings. The van der Waals surface area contributed by atoms with Crippen molar-refractivity contribution in [3.8, 4) is 5.75 Å². The summed E-state index contributed by atoms with van der Waals surface area (Å²) in [5.41, 5.74) is 2.05. The van der Waals surface area contributed by atoms with E-state index in [-0.39, 0.29) is 11.6 Å². The summed E-state index contributed by atoms with van der Waals surface area (Å²) in [5, 5.41) is 15.7. The normalized spacial score (nSPS) is 13.0. The summed E-state index contributed by atoms with van der Waals surface area (Å²) < 4.78 is 5.54. The first kappa shape index (κ1) is 12.4. The van der Waals surface area contributed by atoms with Gasteiger partial charge in [0.2, 0.25) is 0 Å². The summed E-state index contributed by atoms with van der Waals surface area (Å²) >= 11 is 0. The smallest absolute Gasteiger partial charge is 0.273 e. The minimum absolute atomic E-state index is 0.255. The predicted octanol–water partition coefficient (Wildman–Crippen LogP) is -0.0235. The third-order valence-corrected chi connectivity index (χ3v) is 2.91. The van der Waals surface area contributed by atoms with Gasteiger partial charge in [-0.1, -0.05) is 0 Å². The zero-order chi connectivity index (χ0) is 13.8. The summed E-state index contributed by atoms with van der Waals surface area (Å²) in [6, 6.07) is 1.89. The lowest BCUT2D eigenvalue weighted by molar-refractivity contribution is 0.0949. The molecule has 0 spiro atoms. The number of amides is 1. The van der Waals surface area contributed by atoms with Gasteiger partial charge in [0.25, 0.3) is 5.91 Å². The lowest BCUT2D eigenvalue weighted by Gasteiger charge is -2.19. The van der Waals surface area contributed by atoms with Crippen LogP contribution in [0.1, 0.15) is 16.2 Å². The fraction of sp³-hybridized carbons (Fsp3) is 0.333. The quantitative estimate of drug-likeness (QED) is 0.723. The molecule has 104 valence electrons. The van der Waals surface area contributed by atoms with Crippen LogP contribution in [0.4, 0.5) is 5.69 Å². The lowest BCUT2D eigenvalue weighted by atomic mass is 10.2. The van der Waals surface area contributed by atoms with Gasteiger partial charge >= 0.3 is 0 Å². The predicted molar refractivity (Wildman–Crippen MR) is 70.6 cm³/mol. The molecule has 1 aliphatic heterocycles. The van der Waals surface area contributed by atoms with Gasteiger partial charge in [0, 0.05) is 31.3 Å². The van der Waals surface area contributed by atoms with E-state index in [1.54, 1.807) is 6.20 Å². The van der Waals surface area contributed by atoms with Crippen LogP contribution >= 0.6 is 0 Å². The van der Waals surface area contributed by atoms with Crippen LogP contribution in [0.2, 0.25) is 0 Å². The standard InChI is InChI=1S/C12H14N6O2/c19-12(10-7-16-18-17-10)14-2-1-8-5-11-9(6-15-8)13-3-4-20-11/h5-7,13H,1-4H2,(H,14,19)(H,16,17,18). The number of nitrogens with zero attached hydrogens (tertiary/aromatic N) is 3. The van der Waals surface area contributed by atoms with Crippen molar-refractivity contribution in [3.05, 3.63) is 29.8 Å². The molecule has 2 aromatic heterocycles. The van der Waals surface area contributed by atoms with E-state index in [0.717, 1.165) is 23.7 Å². The molecule has 3 N–H and O–H groups in total. The number of ether oxygens (including phenoxy) is 1. The Labute approximate surface area is 114 Å². The molecule has 3 heterocycles. The molecule has 0 saturated heterocycles. The third kappa shape index (κ3) is 2.68. The molecule has 0 unspecified atom stereocenters. The molecule has 3 rings (SSSR count). The molecular weight excluding hydrogens is 260 g/mol. The Hall–Kier alpha value is -2.64. The Morgan fingerprint density at radius 2 is 2.40 bits per heavy atom.